The summed E-state index contributed by atoms with van der Waals surface area (Å²) in [4.78, 5) is 0. The Kier molecular flexibility index (Phi) is 1.70. The van der Waals surface area contributed by atoms with Crippen molar-refractivity contribution in [2.45, 2.75) is 25.3 Å². The number of aryl methyl sites for hydroxylation is 1. The molecule has 11 heavy (non-hydrogen) atoms. The molecule has 0 bridgehead atoms. The van der Waals surface area contributed by atoms with Gasteiger partial charge < -0.3 is 10.3 Å². The summed E-state index contributed by atoms with van der Waals surface area (Å²) in [5.74, 6) is 0.610. The molecule has 1 aromatic rings. The van der Waals surface area contributed by atoms with Crippen molar-refractivity contribution in [1.82, 2.24) is 4.57 Å². The molecule has 1 aliphatic rings. The van der Waals surface area contributed by atoms with Gasteiger partial charge in [0.15, 0.2) is 0 Å². The molecule has 1 unspecified atom stereocenters. The number of hydrogen-bond acceptors (Lipinski definition) is 1. The Morgan fingerprint density at radius 1 is 1.64 bits per heavy atom. The maximum Gasteiger partial charge on any atom is 0.0222 e. The van der Waals surface area contributed by atoms with Gasteiger partial charge in [0.05, 0.1) is 0 Å². The van der Waals surface area contributed by atoms with Crippen molar-refractivity contribution < 1.29 is 0 Å². The molecular weight excluding hydrogens is 136 g/mol. The van der Waals surface area contributed by atoms with Gasteiger partial charge in [0.25, 0.3) is 0 Å². The van der Waals surface area contributed by atoms with Gasteiger partial charge in [0.2, 0.25) is 0 Å². The van der Waals surface area contributed by atoms with Crippen molar-refractivity contribution in [3.05, 3.63) is 24.0 Å². The molecule has 2 nitrogen and oxygen atoms in total. The molecule has 1 aromatic heterocycles. The first-order valence-electron chi connectivity index (χ1n) is 4.27. The molecule has 0 saturated carbocycles. The first kappa shape index (κ1) is 6.92. The maximum atomic E-state index is 5.66. The van der Waals surface area contributed by atoms with Crippen molar-refractivity contribution in [2.75, 3.05) is 6.54 Å². The summed E-state index contributed by atoms with van der Waals surface area (Å²) in [6.07, 6.45) is 4.70. The standard InChI is InChI=1S/C9H14N2/c10-7-8-3-1-5-11-6-2-4-9(8)11/h2,4,6,8H,1,3,5,7,10H2. The third-order valence-electron chi connectivity index (χ3n) is 2.52. The average Bonchev–Trinajstić information content (AvgIpc) is 2.50. The van der Waals surface area contributed by atoms with Gasteiger partial charge in [-0.2, -0.15) is 0 Å². The lowest BCUT2D eigenvalue weighted by Crippen LogP contribution is -2.20. The van der Waals surface area contributed by atoms with E-state index in [2.05, 4.69) is 22.9 Å². The minimum absolute atomic E-state index is 0.610. The van der Waals surface area contributed by atoms with Crippen LogP contribution in [0, 0.1) is 0 Å². The number of aromatic nitrogens is 1. The number of nitrogens with two attached hydrogens (primary N) is 1. The quantitative estimate of drug-likeness (QED) is 0.643. The number of fused-ring (bicyclic) bond motifs is 1. The monoisotopic (exact) mass is 150 g/mol. The highest BCUT2D eigenvalue weighted by atomic mass is 15.0. The fraction of sp³-hybridized carbons (Fsp3) is 0.556. The van der Waals surface area contributed by atoms with Crippen LogP contribution >= 0.6 is 0 Å². The second-order valence-electron chi connectivity index (χ2n) is 3.20. The fourth-order valence-electron chi connectivity index (χ4n) is 1.90. The van der Waals surface area contributed by atoms with Gasteiger partial charge in [-0.05, 0) is 25.0 Å². The van der Waals surface area contributed by atoms with Crippen LogP contribution in [0.5, 0.6) is 0 Å². The lowest BCUT2D eigenvalue weighted by molar-refractivity contribution is 0.459. The van der Waals surface area contributed by atoms with Crippen LogP contribution in [0.2, 0.25) is 0 Å². The first-order valence-corrected chi connectivity index (χ1v) is 4.27. The van der Waals surface area contributed by atoms with E-state index in [0.717, 1.165) is 6.54 Å². The Labute approximate surface area is 67.0 Å². The molecule has 0 amide bonds. The van der Waals surface area contributed by atoms with Crippen LogP contribution in [0.15, 0.2) is 18.3 Å². The van der Waals surface area contributed by atoms with E-state index in [1.54, 1.807) is 0 Å². The van der Waals surface area contributed by atoms with Crippen molar-refractivity contribution in [3.8, 4) is 0 Å². The largest absolute Gasteiger partial charge is 0.351 e. The average molecular weight is 150 g/mol. The predicted octanol–water partition coefficient (Wildman–Crippen LogP) is 1.32. The number of nitrogens with zero attached hydrogens (tertiary/aromatic N) is 1. The van der Waals surface area contributed by atoms with E-state index in [0.29, 0.717) is 5.92 Å². The van der Waals surface area contributed by atoms with Gasteiger partial charge in [-0.25, -0.2) is 0 Å². The minimum atomic E-state index is 0.610. The van der Waals surface area contributed by atoms with Crippen molar-refractivity contribution in [1.29, 1.82) is 0 Å². The molecule has 0 radical (unpaired) electrons. The Balaban J connectivity index is 2.32. The third-order valence-corrected chi connectivity index (χ3v) is 2.52. The van der Waals surface area contributed by atoms with Gasteiger partial charge >= 0.3 is 0 Å². The van der Waals surface area contributed by atoms with Crippen LogP contribution in [-0.4, -0.2) is 11.1 Å². The van der Waals surface area contributed by atoms with E-state index >= 15 is 0 Å². The number of rotatable bonds is 1. The summed E-state index contributed by atoms with van der Waals surface area (Å²) < 4.78 is 2.32. The zero-order valence-electron chi connectivity index (χ0n) is 6.66. The Morgan fingerprint density at radius 2 is 2.55 bits per heavy atom. The second-order valence-corrected chi connectivity index (χ2v) is 3.20. The van der Waals surface area contributed by atoms with Crippen molar-refractivity contribution >= 4 is 0 Å². The molecule has 1 aliphatic heterocycles. The van der Waals surface area contributed by atoms with Gasteiger partial charge in [-0.1, -0.05) is 0 Å². The van der Waals surface area contributed by atoms with Crippen LogP contribution in [0.25, 0.3) is 0 Å². The minimum Gasteiger partial charge on any atom is -0.351 e. The molecule has 2 rings (SSSR count). The SMILES string of the molecule is NCC1CCCn2cccc21. The third kappa shape index (κ3) is 1.07. The molecular formula is C9H14N2. The summed E-state index contributed by atoms with van der Waals surface area (Å²) in [6.45, 7) is 1.98. The summed E-state index contributed by atoms with van der Waals surface area (Å²) in [6, 6.07) is 4.31. The molecule has 2 N–H and O–H groups in total. The predicted molar refractivity (Wildman–Crippen MR) is 45.5 cm³/mol. The van der Waals surface area contributed by atoms with E-state index in [1.165, 1.54) is 25.1 Å². The van der Waals surface area contributed by atoms with E-state index in [4.69, 9.17) is 5.73 Å². The lowest BCUT2D eigenvalue weighted by atomic mass is 9.96. The van der Waals surface area contributed by atoms with Gasteiger partial charge in [-0.15, -0.1) is 0 Å². The molecule has 0 aliphatic carbocycles. The molecule has 2 heterocycles. The summed E-state index contributed by atoms with van der Waals surface area (Å²) in [5, 5.41) is 0. The smallest absolute Gasteiger partial charge is 0.0222 e. The van der Waals surface area contributed by atoms with Crippen LogP contribution in [0.1, 0.15) is 24.5 Å². The zero-order chi connectivity index (χ0) is 7.68. The Bertz CT molecular complexity index is 239. The first-order chi connectivity index (χ1) is 5.42. The zero-order valence-corrected chi connectivity index (χ0v) is 6.66. The number of hydrogen-bond donors (Lipinski definition) is 1. The van der Waals surface area contributed by atoms with E-state index in [9.17, 15) is 0 Å². The maximum absolute atomic E-state index is 5.66. The van der Waals surface area contributed by atoms with Crippen molar-refractivity contribution in [3.63, 3.8) is 0 Å². The van der Waals surface area contributed by atoms with Crippen LogP contribution < -0.4 is 5.73 Å². The van der Waals surface area contributed by atoms with Crippen molar-refractivity contribution in [2.24, 2.45) is 5.73 Å². The topological polar surface area (TPSA) is 30.9 Å². The normalized spacial score (nSPS) is 23.2. The van der Waals surface area contributed by atoms with E-state index in [1.807, 2.05) is 0 Å². The van der Waals surface area contributed by atoms with Gasteiger partial charge in [0, 0.05) is 30.9 Å². The lowest BCUT2D eigenvalue weighted by Gasteiger charge is -2.23. The highest BCUT2D eigenvalue weighted by molar-refractivity contribution is 5.14. The molecule has 0 spiro atoms. The second kappa shape index (κ2) is 2.70. The highest BCUT2D eigenvalue weighted by Gasteiger charge is 2.17. The Morgan fingerprint density at radius 3 is 3.36 bits per heavy atom. The van der Waals surface area contributed by atoms with E-state index in [-0.39, 0.29) is 0 Å². The molecule has 1 atom stereocenters. The van der Waals surface area contributed by atoms with Crippen LogP contribution in [-0.2, 0) is 6.54 Å². The molecule has 0 aromatic carbocycles. The van der Waals surface area contributed by atoms with Crippen LogP contribution in [0.4, 0.5) is 0 Å². The molecule has 0 saturated heterocycles. The van der Waals surface area contributed by atoms with Gasteiger partial charge in [-0.3, -0.25) is 0 Å². The molecule has 60 valence electrons. The van der Waals surface area contributed by atoms with E-state index < -0.39 is 0 Å². The van der Waals surface area contributed by atoms with Gasteiger partial charge in [0.1, 0.15) is 0 Å². The Hall–Kier alpha value is -0.760. The summed E-state index contributed by atoms with van der Waals surface area (Å²) in [7, 11) is 0. The summed E-state index contributed by atoms with van der Waals surface area (Å²) in [5.41, 5.74) is 7.09. The molecule has 0 fully saturated rings. The van der Waals surface area contributed by atoms with Crippen LogP contribution in [0.3, 0.4) is 0 Å². The highest BCUT2D eigenvalue weighted by Crippen LogP contribution is 2.25. The fourth-order valence-corrected chi connectivity index (χ4v) is 1.90. The summed E-state index contributed by atoms with van der Waals surface area (Å²) >= 11 is 0. The molecule has 2 heteroatoms.